The van der Waals surface area contributed by atoms with E-state index in [0.29, 0.717) is 23.2 Å². The molecular formula is C30H38NO4+. The summed E-state index contributed by atoms with van der Waals surface area (Å²) in [6.07, 6.45) is 6.71. The third-order valence-electron chi connectivity index (χ3n) is 8.54. The fourth-order valence-corrected chi connectivity index (χ4v) is 6.74. The minimum absolute atomic E-state index is 0.149. The second-order valence-electron chi connectivity index (χ2n) is 11.7. The van der Waals surface area contributed by atoms with Crippen LogP contribution in [0, 0.1) is 5.41 Å². The molecule has 5 nitrogen and oxygen atoms in total. The third-order valence-corrected chi connectivity index (χ3v) is 8.54. The van der Waals surface area contributed by atoms with Crippen molar-refractivity contribution >= 4 is 11.9 Å². The first-order valence-electron chi connectivity index (χ1n) is 13.2. The van der Waals surface area contributed by atoms with Crippen molar-refractivity contribution in [3.8, 4) is 0 Å². The zero-order valence-corrected chi connectivity index (χ0v) is 21.2. The molecule has 0 radical (unpaired) electrons. The van der Waals surface area contributed by atoms with Crippen molar-refractivity contribution in [3.63, 3.8) is 0 Å². The van der Waals surface area contributed by atoms with E-state index in [1.807, 2.05) is 60.7 Å². The topological polar surface area (TPSA) is 52.6 Å². The second-order valence-corrected chi connectivity index (χ2v) is 11.7. The number of esters is 2. The molecule has 3 fully saturated rings. The van der Waals surface area contributed by atoms with Crippen molar-refractivity contribution in [2.75, 3.05) is 13.1 Å². The maximum atomic E-state index is 14.2. The maximum absolute atomic E-state index is 14.2. The van der Waals surface area contributed by atoms with E-state index in [1.165, 1.54) is 43.3 Å². The number of carbonyl (C=O) groups excluding carboxylic acids is 2. The normalized spacial score (nSPS) is 25.4. The molecule has 2 aromatic carbocycles. The second kappa shape index (κ2) is 9.09. The lowest BCUT2D eigenvalue weighted by atomic mass is 9.85. The summed E-state index contributed by atoms with van der Waals surface area (Å²) in [5.41, 5.74) is -1.21. The third kappa shape index (κ3) is 4.18. The number of carbonyl (C=O) groups is 2. The van der Waals surface area contributed by atoms with Gasteiger partial charge in [0, 0.05) is 49.7 Å². The first kappa shape index (κ1) is 24.1. The first-order chi connectivity index (χ1) is 16.8. The van der Waals surface area contributed by atoms with Crippen molar-refractivity contribution < 1.29 is 23.5 Å². The minimum atomic E-state index is -1.65. The van der Waals surface area contributed by atoms with Gasteiger partial charge in [0.25, 0.3) is 5.60 Å². The predicted octanol–water partition coefficient (Wildman–Crippen LogP) is 5.37. The molecule has 3 aliphatic rings. The molecular weight excluding hydrogens is 438 g/mol. The van der Waals surface area contributed by atoms with E-state index < -0.39 is 23.0 Å². The van der Waals surface area contributed by atoms with Gasteiger partial charge in [-0.2, -0.15) is 0 Å². The summed E-state index contributed by atoms with van der Waals surface area (Å²) in [4.78, 5) is 27.5. The van der Waals surface area contributed by atoms with Gasteiger partial charge in [-0.15, -0.1) is 0 Å². The Morgan fingerprint density at radius 1 is 0.771 bits per heavy atom. The van der Waals surface area contributed by atoms with Crippen LogP contribution < -0.4 is 0 Å². The fraction of sp³-hybridized carbons (Fsp3) is 0.533. The first-order valence-corrected chi connectivity index (χ1v) is 13.2. The molecule has 0 N–H and O–H groups in total. The molecule has 0 aromatic heterocycles. The largest absolute Gasteiger partial charge is 0.458 e. The van der Waals surface area contributed by atoms with E-state index in [-0.39, 0.29) is 6.10 Å². The zero-order chi connectivity index (χ0) is 24.7. The Balaban J connectivity index is 1.50. The highest BCUT2D eigenvalue weighted by Crippen LogP contribution is 2.47. The van der Waals surface area contributed by atoms with E-state index in [2.05, 4.69) is 0 Å². The molecule has 5 rings (SSSR count). The van der Waals surface area contributed by atoms with Gasteiger partial charge in [0.1, 0.15) is 6.10 Å². The molecule has 3 saturated heterocycles. The Labute approximate surface area is 209 Å². The fourth-order valence-electron chi connectivity index (χ4n) is 6.74. The Kier molecular flexibility index (Phi) is 6.25. The molecule has 5 heteroatoms. The molecule has 0 saturated carbocycles. The lowest BCUT2D eigenvalue weighted by Gasteiger charge is -2.47. The summed E-state index contributed by atoms with van der Waals surface area (Å²) in [6.45, 7) is 7.96. The Morgan fingerprint density at radius 2 is 1.26 bits per heavy atom. The minimum Gasteiger partial charge on any atom is -0.458 e. The molecule has 186 valence electrons. The van der Waals surface area contributed by atoms with Crippen LogP contribution in [0.5, 0.6) is 0 Å². The molecule has 3 heterocycles. The van der Waals surface area contributed by atoms with Crippen molar-refractivity contribution in [3.05, 3.63) is 71.8 Å². The summed E-state index contributed by atoms with van der Waals surface area (Å²) < 4.78 is 13.8. The average Bonchev–Trinajstić information content (AvgIpc) is 3.39. The van der Waals surface area contributed by atoms with Crippen molar-refractivity contribution in [1.29, 1.82) is 0 Å². The lowest BCUT2D eigenvalue weighted by molar-refractivity contribution is -0.956. The van der Waals surface area contributed by atoms with Gasteiger partial charge >= 0.3 is 11.9 Å². The number of nitrogens with zero attached hydrogens (tertiary/aromatic N) is 1. The molecule has 35 heavy (non-hydrogen) atoms. The number of quaternary nitrogens is 1. The van der Waals surface area contributed by atoms with Crippen LogP contribution in [-0.2, 0) is 24.7 Å². The summed E-state index contributed by atoms with van der Waals surface area (Å²) in [5.74, 6) is -0.931. The smallest absolute Gasteiger partial charge is 0.360 e. The molecule has 2 atom stereocenters. The molecule has 0 aliphatic carbocycles. The molecule has 1 spiro atoms. The summed E-state index contributed by atoms with van der Waals surface area (Å²) >= 11 is 0. The van der Waals surface area contributed by atoms with Crippen LogP contribution in [0.3, 0.4) is 0 Å². The van der Waals surface area contributed by atoms with Gasteiger partial charge in [0.05, 0.1) is 30.6 Å². The Morgan fingerprint density at radius 3 is 1.71 bits per heavy atom. The molecule has 3 aliphatic heterocycles. The number of hydrogen-bond donors (Lipinski definition) is 0. The average molecular weight is 477 g/mol. The molecule has 0 amide bonds. The van der Waals surface area contributed by atoms with Gasteiger partial charge in [-0.3, -0.25) is 4.79 Å². The van der Waals surface area contributed by atoms with Crippen LogP contribution >= 0.6 is 0 Å². The van der Waals surface area contributed by atoms with Crippen LogP contribution in [0.15, 0.2) is 60.7 Å². The van der Waals surface area contributed by atoms with Crippen LogP contribution in [0.4, 0.5) is 0 Å². The van der Waals surface area contributed by atoms with Gasteiger partial charge in [0.15, 0.2) is 0 Å². The number of hydrogen-bond acceptors (Lipinski definition) is 4. The van der Waals surface area contributed by atoms with Crippen LogP contribution in [0.25, 0.3) is 0 Å². The van der Waals surface area contributed by atoms with E-state index in [4.69, 9.17) is 9.47 Å². The van der Waals surface area contributed by atoms with Gasteiger partial charge in [0.2, 0.25) is 0 Å². The molecule has 2 bridgehead atoms. The highest BCUT2D eigenvalue weighted by atomic mass is 16.6. The van der Waals surface area contributed by atoms with E-state index >= 15 is 0 Å². The maximum Gasteiger partial charge on any atom is 0.360 e. The highest BCUT2D eigenvalue weighted by Gasteiger charge is 2.57. The monoisotopic (exact) mass is 476 g/mol. The molecule has 2 aromatic rings. The highest BCUT2D eigenvalue weighted by molar-refractivity contribution is 5.90. The van der Waals surface area contributed by atoms with Crippen molar-refractivity contribution in [1.82, 2.24) is 0 Å². The van der Waals surface area contributed by atoms with Crippen molar-refractivity contribution in [2.45, 2.75) is 83.1 Å². The van der Waals surface area contributed by atoms with Crippen LogP contribution in [0.2, 0.25) is 0 Å². The van der Waals surface area contributed by atoms with Gasteiger partial charge in [-0.1, -0.05) is 60.7 Å². The predicted molar refractivity (Wildman–Crippen MR) is 134 cm³/mol. The Bertz CT molecular complexity index is 997. The summed E-state index contributed by atoms with van der Waals surface area (Å²) in [5, 5.41) is 0. The van der Waals surface area contributed by atoms with Crippen LogP contribution in [0.1, 0.15) is 70.4 Å². The Hall–Kier alpha value is -2.66. The van der Waals surface area contributed by atoms with E-state index in [9.17, 15) is 9.59 Å². The number of ether oxygens (including phenoxy) is 2. The van der Waals surface area contributed by atoms with Gasteiger partial charge < -0.3 is 14.0 Å². The van der Waals surface area contributed by atoms with E-state index in [1.54, 1.807) is 20.8 Å². The summed E-state index contributed by atoms with van der Waals surface area (Å²) in [6, 6.07) is 19.8. The molecule has 2 unspecified atom stereocenters. The van der Waals surface area contributed by atoms with Gasteiger partial charge in [-0.05, 0) is 20.8 Å². The standard InChI is InChI=1S/C30H38NO4/c1-29(2,3)27(32)35-30(22-12-6-4-7-13-22,23-14-8-5-9-15-23)28(33)34-26-20-24-16-17-25(21-26)31(24)18-10-11-19-31/h4-9,12-15,24-26H,10-11,16-21H2,1-3H3/q+1. The summed E-state index contributed by atoms with van der Waals surface area (Å²) in [7, 11) is 0. The number of benzene rings is 2. The number of rotatable bonds is 5. The van der Waals surface area contributed by atoms with Crippen LogP contribution in [-0.4, -0.2) is 47.7 Å². The van der Waals surface area contributed by atoms with E-state index in [0.717, 1.165) is 12.8 Å². The lowest BCUT2D eigenvalue weighted by Crippen LogP contribution is -2.60. The SMILES string of the molecule is CC(C)(C)C(=O)OC(C(=O)OC1CC2CCC(C1)[N+]21CCCC1)(c1ccccc1)c1ccccc1. The van der Waals surface area contributed by atoms with Crippen molar-refractivity contribution in [2.24, 2.45) is 5.41 Å². The zero-order valence-electron chi connectivity index (χ0n) is 21.2. The quantitative estimate of drug-likeness (QED) is 0.430. The number of piperidine rings is 1. The van der Waals surface area contributed by atoms with Gasteiger partial charge in [-0.25, -0.2) is 4.79 Å².